The van der Waals surface area contributed by atoms with E-state index in [1.165, 1.54) is 0 Å². The standard InChI is InChI=1S/C21H19N3O/c1-24(2)21-13-8-16(15-22-21)6-4-5-7-18-10-9-17-14-19(25-3)11-12-20(17)23-18/h5,7-15H,1-3H3. The van der Waals surface area contributed by atoms with E-state index in [2.05, 4.69) is 21.8 Å². The van der Waals surface area contributed by atoms with Crippen LogP contribution in [0, 0.1) is 11.8 Å². The van der Waals surface area contributed by atoms with Crippen molar-refractivity contribution in [2.75, 3.05) is 26.1 Å². The van der Waals surface area contributed by atoms with Gasteiger partial charge in [-0.1, -0.05) is 17.9 Å². The van der Waals surface area contributed by atoms with Crippen LogP contribution in [0.3, 0.4) is 0 Å². The number of fused-ring (bicyclic) bond motifs is 1. The molecule has 2 heterocycles. The molecule has 0 amide bonds. The Kier molecular flexibility index (Phi) is 4.96. The SMILES string of the molecule is COc1ccc2nc(C=CC#Cc3ccc(N(C)C)nc3)ccc2c1. The third kappa shape index (κ3) is 4.15. The normalized spacial score (nSPS) is 10.5. The number of nitrogens with zero attached hydrogens (tertiary/aromatic N) is 3. The molecule has 0 fully saturated rings. The van der Waals surface area contributed by atoms with Crippen molar-refractivity contribution in [3.63, 3.8) is 0 Å². The molecule has 2 aromatic heterocycles. The van der Waals surface area contributed by atoms with Gasteiger partial charge in [0.15, 0.2) is 0 Å². The molecule has 0 aliphatic rings. The van der Waals surface area contributed by atoms with Crippen molar-refractivity contribution < 1.29 is 4.74 Å². The van der Waals surface area contributed by atoms with E-state index < -0.39 is 0 Å². The molecule has 0 radical (unpaired) electrons. The van der Waals surface area contributed by atoms with Crippen molar-refractivity contribution >= 4 is 22.8 Å². The molecule has 0 unspecified atom stereocenters. The summed E-state index contributed by atoms with van der Waals surface area (Å²) in [4.78, 5) is 10.9. The summed E-state index contributed by atoms with van der Waals surface area (Å²) in [5.74, 6) is 7.84. The minimum absolute atomic E-state index is 0.831. The Morgan fingerprint density at radius 2 is 1.96 bits per heavy atom. The number of anilines is 1. The van der Waals surface area contributed by atoms with Crippen LogP contribution in [0.15, 0.2) is 54.7 Å². The molecule has 0 aliphatic carbocycles. The average molecular weight is 329 g/mol. The molecule has 0 N–H and O–H groups in total. The zero-order chi connectivity index (χ0) is 17.6. The van der Waals surface area contributed by atoms with Gasteiger partial charge in [-0.25, -0.2) is 9.97 Å². The van der Waals surface area contributed by atoms with Crippen LogP contribution in [0.2, 0.25) is 0 Å². The van der Waals surface area contributed by atoms with Crippen LogP contribution in [0.4, 0.5) is 5.82 Å². The number of hydrogen-bond acceptors (Lipinski definition) is 4. The van der Waals surface area contributed by atoms with Gasteiger partial charge in [0.25, 0.3) is 0 Å². The summed E-state index contributed by atoms with van der Waals surface area (Å²) in [7, 11) is 5.58. The van der Waals surface area contributed by atoms with Gasteiger partial charge >= 0.3 is 0 Å². The topological polar surface area (TPSA) is 38.2 Å². The fourth-order valence-electron chi connectivity index (χ4n) is 2.32. The van der Waals surface area contributed by atoms with Gasteiger partial charge in [0.1, 0.15) is 11.6 Å². The first kappa shape index (κ1) is 16.5. The molecule has 0 saturated carbocycles. The van der Waals surface area contributed by atoms with Crippen molar-refractivity contribution in [1.29, 1.82) is 0 Å². The molecule has 0 spiro atoms. The first-order valence-corrected chi connectivity index (χ1v) is 7.92. The van der Waals surface area contributed by atoms with Gasteiger partial charge in [-0.3, -0.25) is 0 Å². The van der Waals surface area contributed by atoms with Crippen LogP contribution in [-0.2, 0) is 0 Å². The number of hydrogen-bond donors (Lipinski definition) is 0. The predicted molar refractivity (Wildman–Crippen MR) is 103 cm³/mol. The van der Waals surface area contributed by atoms with E-state index in [1.807, 2.05) is 67.5 Å². The third-order valence-electron chi connectivity index (χ3n) is 3.68. The monoisotopic (exact) mass is 329 g/mol. The Labute approximate surface area is 147 Å². The van der Waals surface area contributed by atoms with Gasteiger partial charge in [0.05, 0.1) is 18.3 Å². The summed E-state index contributed by atoms with van der Waals surface area (Å²) >= 11 is 0. The Bertz CT molecular complexity index is 964. The molecule has 4 heteroatoms. The molecular formula is C21H19N3O. The summed E-state index contributed by atoms with van der Waals surface area (Å²) in [6.07, 6.45) is 5.48. The van der Waals surface area contributed by atoms with Crippen LogP contribution in [0.25, 0.3) is 17.0 Å². The van der Waals surface area contributed by atoms with Crippen LogP contribution in [-0.4, -0.2) is 31.2 Å². The van der Waals surface area contributed by atoms with E-state index >= 15 is 0 Å². The highest BCUT2D eigenvalue weighted by Crippen LogP contribution is 2.19. The number of methoxy groups -OCH3 is 1. The minimum Gasteiger partial charge on any atom is -0.497 e. The van der Waals surface area contributed by atoms with Crippen molar-refractivity contribution in [3.05, 3.63) is 66.0 Å². The lowest BCUT2D eigenvalue weighted by molar-refractivity contribution is 0.415. The Hall–Kier alpha value is -3.32. The second-order valence-electron chi connectivity index (χ2n) is 5.70. The summed E-state index contributed by atoms with van der Waals surface area (Å²) in [6, 6.07) is 13.7. The smallest absolute Gasteiger partial charge is 0.128 e. The van der Waals surface area contributed by atoms with Crippen molar-refractivity contribution in [2.24, 2.45) is 0 Å². The van der Waals surface area contributed by atoms with E-state index in [-0.39, 0.29) is 0 Å². The van der Waals surface area contributed by atoms with Gasteiger partial charge in [-0.15, -0.1) is 0 Å². The molecule has 0 saturated heterocycles. The Morgan fingerprint density at radius 1 is 1.08 bits per heavy atom. The van der Waals surface area contributed by atoms with E-state index in [4.69, 9.17) is 4.74 Å². The second-order valence-corrected chi connectivity index (χ2v) is 5.70. The quantitative estimate of drug-likeness (QED) is 0.686. The van der Waals surface area contributed by atoms with Crippen molar-refractivity contribution in [3.8, 4) is 17.6 Å². The lowest BCUT2D eigenvalue weighted by atomic mass is 10.2. The zero-order valence-corrected chi connectivity index (χ0v) is 14.5. The summed E-state index contributed by atoms with van der Waals surface area (Å²) < 4.78 is 5.23. The summed E-state index contributed by atoms with van der Waals surface area (Å²) in [5.41, 5.74) is 2.68. The number of benzene rings is 1. The van der Waals surface area contributed by atoms with Gasteiger partial charge in [0, 0.05) is 31.2 Å². The van der Waals surface area contributed by atoms with Crippen LogP contribution in [0.5, 0.6) is 5.75 Å². The van der Waals surface area contributed by atoms with E-state index in [1.54, 1.807) is 19.4 Å². The van der Waals surface area contributed by atoms with Gasteiger partial charge in [-0.2, -0.15) is 0 Å². The highest BCUT2D eigenvalue weighted by atomic mass is 16.5. The summed E-state index contributed by atoms with van der Waals surface area (Å²) in [6.45, 7) is 0. The predicted octanol–water partition coefficient (Wildman–Crippen LogP) is 3.77. The van der Waals surface area contributed by atoms with Gasteiger partial charge in [0.2, 0.25) is 0 Å². The fourth-order valence-corrected chi connectivity index (χ4v) is 2.32. The lowest BCUT2D eigenvalue weighted by Crippen LogP contribution is -2.10. The molecule has 0 aliphatic heterocycles. The third-order valence-corrected chi connectivity index (χ3v) is 3.68. The Balaban J connectivity index is 1.73. The first-order valence-electron chi connectivity index (χ1n) is 7.92. The molecule has 124 valence electrons. The number of rotatable bonds is 3. The largest absolute Gasteiger partial charge is 0.497 e. The molecule has 3 aromatic rings. The first-order chi connectivity index (χ1) is 12.2. The molecule has 25 heavy (non-hydrogen) atoms. The van der Waals surface area contributed by atoms with Crippen LogP contribution >= 0.6 is 0 Å². The number of pyridine rings is 2. The minimum atomic E-state index is 0.831. The zero-order valence-electron chi connectivity index (χ0n) is 14.5. The fraction of sp³-hybridized carbons (Fsp3) is 0.143. The number of allylic oxidation sites excluding steroid dienone is 1. The summed E-state index contributed by atoms with van der Waals surface area (Å²) in [5, 5.41) is 1.05. The highest BCUT2D eigenvalue weighted by molar-refractivity contribution is 5.81. The molecule has 1 aromatic carbocycles. The molecule has 3 rings (SSSR count). The Morgan fingerprint density at radius 3 is 2.68 bits per heavy atom. The van der Waals surface area contributed by atoms with Crippen LogP contribution in [0.1, 0.15) is 11.3 Å². The maximum absolute atomic E-state index is 5.23. The van der Waals surface area contributed by atoms with E-state index in [0.29, 0.717) is 0 Å². The number of aromatic nitrogens is 2. The molecular weight excluding hydrogens is 310 g/mol. The number of ether oxygens (including phenoxy) is 1. The van der Waals surface area contributed by atoms with Gasteiger partial charge < -0.3 is 9.64 Å². The van der Waals surface area contributed by atoms with E-state index in [9.17, 15) is 0 Å². The molecule has 0 atom stereocenters. The average Bonchev–Trinajstić information content (AvgIpc) is 2.65. The maximum Gasteiger partial charge on any atom is 0.128 e. The molecule has 4 nitrogen and oxygen atoms in total. The van der Waals surface area contributed by atoms with Gasteiger partial charge in [-0.05, 0) is 48.6 Å². The highest BCUT2D eigenvalue weighted by Gasteiger charge is 1.98. The lowest BCUT2D eigenvalue weighted by Gasteiger charge is -2.09. The van der Waals surface area contributed by atoms with Crippen molar-refractivity contribution in [1.82, 2.24) is 9.97 Å². The van der Waals surface area contributed by atoms with Crippen molar-refractivity contribution in [2.45, 2.75) is 0 Å². The maximum atomic E-state index is 5.23. The van der Waals surface area contributed by atoms with E-state index in [0.717, 1.165) is 33.7 Å². The van der Waals surface area contributed by atoms with Crippen LogP contribution < -0.4 is 9.64 Å². The second kappa shape index (κ2) is 7.50. The molecule has 0 bridgehead atoms.